The van der Waals surface area contributed by atoms with Crippen LogP contribution in [0.4, 0.5) is 4.39 Å². The molecule has 0 fully saturated rings. The number of primary amides is 1. The molecule has 0 aliphatic rings. The van der Waals surface area contributed by atoms with Crippen molar-refractivity contribution in [2.24, 2.45) is 5.73 Å². The van der Waals surface area contributed by atoms with Gasteiger partial charge in [0.2, 0.25) is 5.91 Å². The predicted molar refractivity (Wildman–Crippen MR) is 127 cm³/mol. The van der Waals surface area contributed by atoms with Crippen molar-refractivity contribution in [2.75, 3.05) is 0 Å². The van der Waals surface area contributed by atoms with Gasteiger partial charge in [0.05, 0.1) is 23.8 Å². The molecule has 3 heterocycles. The Balaban J connectivity index is 0.00000144. The minimum absolute atomic E-state index is 0. The number of H-pyrrole nitrogens is 1. The summed E-state index contributed by atoms with van der Waals surface area (Å²) in [6, 6.07) is 17.3. The van der Waals surface area contributed by atoms with Crippen LogP contribution in [0, 0.1) is 5.82 Å². The van der Waals surface area contributed by atoms with E-state index >= 15 is 0 Å². The number of nitrogens with two attached hydrogens (primary N) is 1. The number of rotatable bonds is 4. The summed E-state index contributed by atoms with van der Waals surface area (Å²) in [5, 5.41) is 7.19. The topological polar surface area (TPSA) is 89.1 Å². The highest BCUT2D eigenvalue weighted by Gasteiger charge is 2.13. The van der Waals surface area contributed by atoms with E-state index in [1.54, 1.807) is 36.7 Å². The van der Waals surface area contributed by atoms with Gasteiger partial charge in [0.25, 0.3) is 0 Å². The molecule has 0 atom stereocenters. The van der Waals surface area contributed by atoms with E-state index in [1.165, 1.54) is 12.1 Å². The summed E-state index contributed by atoms with van der Waals surface area (Å²) in [6.07, 6.45) is 5.52. The van der Waals surface area contributed by atoms with Crippen molar-refractivity contribution in [3.63, 3.8) is 0 Å². The Hall–Kier alpha value is -3.68. The summed E-state index contributed by atoms with van der Waals surface area (Å²) < 4.78 is 15.3. The maximum Gasteiger partial charge on any atom is 0.248 e. The number of aromatic amines is 1. The molecule has 0 radical (unpaired) electrons. The van der Waals surface area contributed by atoms with Gasteiger partial charge < -0.3 is 5.73 Å². The van der Waals surface area contributed by atoms with Crippen LogP contribution in [0.15, 0.2) is 79.3 Å². The third-order valence-electron chi connectivity index (χ3n) is 5.05. The molecule has 0 spiro atoms. The van der Waals surface area contributed by atoms with Crippen LogP contribution < -0.4 is 5.73 Å². The van der Waals surface area contributed by atoms with E-state index in [2.05, 4.69) is 15.2 Å². The zero-order valence-corrected chi connectivity index (χ0v) is 18.2. The Bertz CT molecular complexity index is 1380. The summed E-state index contributed by atoms with van der Waals surface area (Å²) in [6.45, 7) is 0. The minimum atomic E-state index is -0.463. The van der Waals surface area contributed by atoms with Gasteiger partial charge in [-0.15, -0.1) is 24.8 Å². The van der Waals surface area contributed by atoms with Crippen LogP contribution in [-0.4, -0.2) is 25.5 Å². The second-order valence-corrected chi connectivity index (χ2v) is 6.90. The molecular formula is C23H18Cl2FN5O. The van der Waals surface area contributed by atoms with E-state index < -0.39 is 5.91 Å². The maximum absolute atomic E-state index is 13.3. The zero-order chi connectivity index (χ0) is 20.7. The van der Waals surface area contributed by atoms with E-state index in [0.29, 0.717) is 5.56 Å². The number of amides is 1. The Morgan fingerprint density at radius 2 is 1.53 bits per heavy atom. The molecule has 0 bridgehead atoms. The fourth-order valence-corrected chi connectivity index (χ4v) is 3.50. The van der Waals surface area contributed by atoms with Gasteiger partial charge in [-0.3, -0.25) is 14.3 Å². The summed E-state index contributed by atoms with van der Waals surface area (Å²) in [4.78, 5) is 15.8. The number of pyridine rings is 1. The molecule has 162 valence electrons. The second-order valence-electron chi connectivity index (χ2n) is 6.90. The number of halogens is 3. The number of aromatic nitrogens is 4. The molecule has 0 unspecified atom stereocenters. The highest BCUT2D eigenvalue weighted by molar-refractivity contribution is 5.93. The molecule has 0 aliphatic heterocycles. The van der Waals surface area contributed by atoms with Crippen molar-refractivity contribution in [3.05, 3.63) is 90.6 Å². The molecule has 1 amide bonds. The van der Waals surface area contributed by atoms with E-state index in [0.717, 1.165) is 39.3 Å². The Morgan fingerprint density at radius 1 is 0.875 bits per heavy atom. The molecule has 5 rings (SSSR count). The van der Waals surface area contributed by atoms with Crippen LogP contribution in [0.3, 0.4) is 0 Å². The molecule has 0 saturated carbocycles. The second kappa shape index (κ2) is 9.21. The van der Waals surface area contributed by atoms with Gasteiger partial charge in [0.15, 0.2) is 0 Å². The molecule has 9 heteroatoms. The smallest absolute Gasteiger partial charge is 0.248 e. The molecule has 3 N–H and O–H groups in total. The largest absolute Gasteiger partial charge is 0.366 e. The molecule has 0 saturated heterocycles. The van der Waals surface area contributed by atoms with Crippen molar-refractivity contribution in [1.82, 2.24) is 19.6 Å². The molecule has 3 aromatic heterocycles. The van der Waals surface area contributed by atoms with Gasteiger partial charge in [-0.2, -0.15) is 5.10 Å². The third kappa shape index (κ3) is 4.08. The number of fused-ring (bicyclic) bond motifs is 1. The first kappa shape index (κ1) is 23.0. The van der Waals surface area contributed by atoms with Crippen LogP contribution in [0.2, 0.25) is 0 Å². The van der Waals surface area contributed by atoms with Gasteiger partial charge in [-0.1, -0.05) is 12.1 Å². The lowest BCUT2D eigenvalue weighted by Gasteiger charge is -2.07. The Morgan fingerprint density at radius 3 is 2.22 bits per heavy atom. The van der Waals surface area contributed by atoms with E-state index in [4.69, 9.17) is 5.73 Å². The van der Waals surface area contributed by atoms with Gasteiger partial charge in [0.1, 0.15) is 11.5 Å². The molecule has 5 aromatic rings. The van der Waals surface area contributed by atoms with Gasteiger partial charge in [0, 0.05) is 34.0 Å². The van der Waals surface area contributed by atoms with Crippen LogP contribution in [0.5, 0.6) is 0 Å². The van der Waals surface area contributed by atoms with Crippen LogP contribution in [0.25, 0.3) is 39.3 Å². The molecule has 6 nitrogen and oxygen atoms in total. The zero-order valence-electron chi connectivity index (χ0n) is 16.5. The van der Waals surface area contributed by atoms with Gasteiger partial charge >= 0.3 is 0 Å². The molecular weight excluding hydrogens is 452 g/mol. The lowest BCUT2D eigenvalue weighted by atomic mass is 10.0. The number of nitrogens with zero attached hydrogens (tertiary/aromatic N) is 3. The van der Waals surface area contributed by atoms with Crippen molar-refractivity contribution in [1.29, 1.82) is 0 Å². The molecule has 32 heavy (non-hydrogen) atoms. The minimum Gasteiger partial charge on any atom is -0.366 e. The van der Waals surface area contributed by atoms with Crippen molar-refractivity contribution in [2.45, 2.75) is 0 Å². The Kier molecular flexibility index (Phi) is 6.62. The first-order valence-corrected chi connectivity index (χ1v) is 9.27. The van der Waals surface area contributed by atoms with Crippen molar-refractivity contribution in [3.8, 4) is 33.6 Å². The normalized spacial score (nSPS) is 10.4. The van der Waals surface area contributed by atoms with Gasteiger partial charge in [-0.25, -0.2) is 9.37 Å². The fraction of sp³-hybridized carbons (Fsp3) is 0. The van der Waals surface area contributed by atoms with E-state index in [-0.39, 0.29) is 30.6 Å². The monoisotopic (exact) mass is 469 g/mol. The summed E-state index contributed by atoms with van der Waals surface area (Å²) >= 11 is 0. The number of hydrogen-bond acceptors (Lipinski definition) is 3. The number of hydrogen-bond donors (Lipinski definition) is 2. The lowest BCUT2D eigenvalue weighted by molar-refractivity contribution is 0.100. The maximum atomic E-state index is 13.3. The SMILES string of the molecule is Cl.Cl.NC(=O)c1ccc(-c2cnc3ccc(-c4cn[nH]c4-c4ccc(F)cc4)cn23)cc1. The van der Waals surface area contributed by atoms with Crippen molar-refractivity contribution >= 4 is 36.4 Å². The summed E-state index contributed by atoms with van der Waals surface area (Å²) in [7, 11) is 0. The molecule has 2 aromatic carbocycles. The third-order valence-corrected chi connectivity index (χ3v) is 5.05. The first-order chi connectivity index (χ1) is 14.6. The average molecular weight is 470 g/mol. The van der Waals surface area contributed by atoms with Crippen LogP contribution >= 0.6 is 24.8 Å². The first-order valence-electron chi connectivity index (χ1n) is 9.27. The van der Waals surface area contributed by atoms with Crippen LogP contribution in [0.1, 0.15) is 10.4 Å². The van der Waals surface area contributed by atoms with Crippen LogP contribution in [-0.2, 0) is 0 Å². The number of carbonyl (C=O) groups excluding carboxylic acids is 1. The summed E-state index contributed by atoms with van der Waals surface area (Å²) in [5.74, 6) is -0.748. The van der Waals surface area contributed by atoms with Gasteiger partial charge in [-0.05, 0) is 48.5 Å². The predicted octanol–water partition coefficient (Wildman–Crippen LogP) is 5.14. The summed E-state index contributed by atoms with van der Waals surface area (Å²) in [5.41, 5.74) is 11.9. The quantitative estimate of drug-likeness (QED) is 0.381. The van der Waals surface area contributed by atoms with E-state index in [9.17, 15) is 9.18 Å². The van der Waals surface area contributed by atoms with E-state index in [1.807, 2.05) is 34.9 Å². The molecule has 0 aliphatic carbocycles. The standard InChI is InChI=1S/C23H16FN5O.2ClH/c24-18-8-5-15(6-9-18)22-19(11-27-28-22)17-7-10-21-26-12-20(29(21)13-17)14-1-3-16(4-2-14)23(25)30;;/h1-13H,(H2,25,30)(H,27,28);2*1H. The number of benzene rings is 2. The highest BCUT2D eigenvalue weighted by Crippen LogP contribution is 2.31. The average Bonchev–Trinajstić information content (AvgIpc) is 3.41. The number of carbonyl (C=O) groups is 1. The lowest BCUT2D eigenvalue weighted by Crippen LogP contribution is -2.10. The Labute approximate surface area is 195 Å². The highest BCUT2D eigenvalue weighted by atomic mass is 35.5. The number of imidazole rings is 1. The fourth-order valence-electron chi connectivity index (χ4n) is 3.50. The number of nitrogens with one attached hydrogen (secondary N) is 1. The van der Waals surface area contributed by atoms with Crippen molar-refractivity contribution < 1.29 is 9.18 Å².